The van der Waals surface area contributed by atoms with Gasteiger partial charge in [-0.25, -0.2) is 4.79 Å². The summed E-state index contributed by atoms with van der Waals surface area (Å²) in [6, 6.07) is 1.69. The summed E-state index contributed by atoms with van der Waals surface area (Å²) in [7, 11) is 0. The Hall–Kier alpha value is -1.95. The quantitative estimate of drug-likeness (QED) is 0.815. The largest absolute Gasteiger partial charge is 0.508 e. The maximum Gasteiger partial charge on any atom is 0.461 e. The number of fused-ring (bicyclic) bond motifs is 1. The fourth-order valence-electron chi connectivity index (χ4n) is 3.08. The number of aryl methyl sites for hydroxylation is 3. The van der Waals surface area contributed by atoms with E-state index in [1.54, 1.807) is 6.07 Å². The third-order valence-corrected chi connectivity index (χ3v) is 5.33. The molecule has 5 nitrogen and oxygen atoms in total. The van der Waals surface area contributed by atoms with Crippen molar-refractivity contribution in [2.75, 3.05) is 0 Å². The number of aromatic hydroxyl groups is 1. The minimum absolute atomic E-state index is 0.143. The molecule has 0 aliphatic carbocycles. The molecular weight excluding hydrogens is 312 g/mol. The van der Waals surface area contributed by atoms with Gasteiger partial charge in [-0.15, -0.1) is 0 Å². The second-order valence-electron chi connectivity index (χ2n) is 6.34. The summed E-state index contributed by atoms with van der Waals surface area (Å²) < 4.78 is 7.60. The van der Waals surface area contributed by atoms with Crippen LogP contribution in [-0.4, -0.2) is 21.7 Å². The Morgan fingerprint density at radius 1 is 1.39 bits per heavy atom. The summed E-state index contributed by atoms with van der Waals surface area (Å²) in [6.07, 6.45) is 1.26. The standard InChI is InChI=1S/C17H20N2O3S/c1-9-8-14(20)10(2)13-6-7-17(5,22-15(9)13)16(21)19-12(4)23-11(3)18-19/h8H,6-7H2,1-5H3/p+1. The Kier molecular flexibility index (Phi) is 3.67. The minimum Gasteiger partial charge on any atom is -0.508 e. The van der Waals surface area contributed by atoms with Crippen LogP contribution in [0.1, 0.15) is 44.8 Å². The Labute approximate surface area is 139 Å². The number of phenolic OH excluding ortho intramolecular Hbond substituents is 1. The summed E-state index contributed by atoms with van der Waals surface area (Å²) in [5, 5.41) is 16.0. The highest BCUT2D eigenvalue weighted by Gasteiger charge is 2.48. The van der Waals surface area contributed by atoms with Crippen LogP contribution in [0.4, 0.5) is 0 Å². The third kappa shape index (κ3) is 2.51. The first kappa shape index (κ1) is 15.9. The molecule has 0 amide bonds. The normalized spacial score (nSPS) is 20.0. The lowest BCUT2D eigenvalue weighted by Gasteiger charge is -2.32. The van der Waals surface area contributed by atoms with Gasteiger partial charge in [0.25, 0.3) is 5.01 Å². The molecule has 0 saturated carbocycles. The highest BCUT2D eigenvalue weighted by Crippen LogP contribution is 2.41. The van der Waals surface area contributed by atoms with E-state index in [0.717, 1.165) is 26.7 Å². The minimum atomic E-state index is -0.947. The molecule has 122 valence electrons. The van der Waals surface area contributed by atoms with E-state index in [-0.39, 0.29) is 11.7 Å². The van der Waals surface area contributed by atoms with Crippen LogP contribution in [-0.2, 0) is 6.42 Å². The average molecular weight is 333 g/mol. The van der Waals surface area contributed by atoms with Crippen LogP contribution < -0.4 is 9.42 Å². The van der Waals surface area contributed by atoms with Gasteiger partial charge >= 0.3 is 5.91 Å². The molecule has 1 unspecified atom stereocenters. The van der Waals surface area contributed by atoms with Crippen molar-refractivity contribution in [3.63, 3.8) is 0 Å². The van der Waals surface area contributed by atoms with E-state index in [4.69, 9.17) is 4.74 Å². The van der Waals surface area contributed by atoms with Crippen molar-refractivity contribution >= 4 is 17.2 Å². The van der Waals surface area contributed by atoms with E-state index < -0.39 is 5.60 Å². The third-order valence-electron chi connectivity index (χ3n) is 4.48. The Bertz CT molecular complexity index is 813. The number of phenols is 1. The highest BCUT2D eigenvalue weighted by molar-refractivity contribution is 7.10. The lowest BCUT2D eigenvalue weighted by Crippen LogP contribution is -2.61. The van der Waals surface area contributed by atoms with Crippen LogP contribution in [0, 0.1) is 27.7 Å². The van der Waals surface area contributed by atoms with Crippen molar-refractivity contribution in [1.82, 2.24) is 5.10 Å². The molecule has 1 aromatic carbocycles. The van der Waals surface area contributed by atoms with E-state index in [0.29, 0.717) is 18.6 Å². The van der Waals surface area contributed by atoms with E-state index >= 15 is 0 Å². The number of carbonyl (C=O) groups excluding carboxylic acids is 1. The van der Waals surface area contributed by atoms with E-state index in [2.05, 4.69) is 5.10 Å². The van der Waals surface area contributed by atoms with Crippen molar-refractivity contribution in [1.29, 1.82) is 0 Å². The van der Waals surface area contributed by atoms with E-state index in [9.17, 15) is 9.90 Å². The molecule has 0 saturated heterocycles. The molecule has 1 N–H and O–H groups in total. The first-order valence-electron chi connectivity index (χ1n) is 7.65. The second kappa shape index (κ2) is 5.30. The molecule has 1 aromatic heterocycles. The Balaban J connectivity index is 2.02. The monoisotopic (exact) mass is 333 g/mol. The molecule has 2 heterocycles. The van der Waals surface area contributed by atoms with Gasteiger partial charge in [0.15, 0.2) is 5.01 Å². The lowest BCUT2D eigenvalue weighted by atomic mass is 9.88. The predicted molar refractivity (Wildman–Crippen MR) is 87.3 cm³/mol. The summed E-state index contributed by atoms with van der Waals surface area (Å²) in [5.41, 5.74) is 1.72. The Morgan fingerprint density at radius 3 is 2.70 bits per heavy atom. The number of ether oxygens (including phenoxy) is 1. The van der Waals surface area contributed by atoms with Gasteiger partial charge in [-0.05, 0) is 67.3 Å². The molecule has 1 aliphatic heterocycles. The van der Waals surface area contributed by atoms with Crippen LogP contribution in [0.15, 0.2) is 6.07 Å². The molecule has 23 heavy (non-hydrogen) atoms. The number of carbonyl (C=O) groups is 1. The molecule has 1 aliphatic rings. The predicted octanol–water partition coefficient (Wildman–Crippen LogP) is 2.79. The summed E-state index contributed by atoms with van der Waals surface area (Å²) >= 11 is 1.50. The van der Waals surface area contributed by atoms with Gasteiger partial charge in [-0.2, -0.15) is 0 Å². The number of aromatic nitrogens is 2. The molecule has 0 fully saturated rings. The van der Waals surface area contributed by atoms with Gasteiger partial charge in [0.1, 0.15) is 11.5 Å². The van der Waals surface area contributed by atoms with E-state index in [1.807, 2.05) is 34.6 Å². The zero-order chi connectivity index (χ0) is 16.9. The van der Waals surface area contributed by atoms with Gasteiger partial charge in [0.05, 0.1) is 0 Å². The first-order valence-corrected chi connectivity index (χ1v) is 8.47. The van der Waals surface area contributed by atoms with Gasteiger partial charge in [-0.3, -0.25) is 0 Å². The van der Waals surface area contributed by atoms with Crippen LogP contribution in [0.5, 0.6) is 11.5 Å². The molecule has 2 aromatic rings. The van der Waals surface area contributed by atoms with Crippen LogP contribution in [0.2, 0.25) is 0 Å². The molecule has 6 heteroatoms. The van der Waals surface area contributed by atoms with Crippen molar-refractivity contribution in [3.05, 3.63) is 32.8 Å². The topological polar surface area (TPSA) is 63.3 Å². The molecule has 0 spiro atoms. The van der Waals surface area contributed by atoms with Gasteiger partial charge in [0.2, 0.25) is 5.60 Å². The van der Waals surface area contributed by atoms with Gasteiger partial charge < -0.3 is 9.84 Å². The maximum absolute atomic E-state index is 13.0. The number of hydrogen-bond acceptors (Lipinski definition) is 5. The van der Waals surface area contributed by atoms with Crippen molar-refractivity contribution in [3.8, 4) is 11.5 Å². The summed E-state index contributed by atoms with van der Waals surface area (Å²) in [4.78, 5) is 13.0. The zero-order valence-electron chi connectivity index (χ0n) is 14.1. The lowest BCUT2D eigenvalue weighted by molar-refractivity contribution is -0.643. The molecule has 0 radical (unpaired) electrons. The first-order chi connectivity index (χ1) is 10.7. The maximum atomic E-state index is 13.0. The second-order valence-corrected chi connectivity index (χ2v) is 7.72. The fourth-order valence-corrected chi connectivity index (χ4v) is 3.84. The number of hydrogen-bond donors (Lipinski definition) is 1. The molecule has 1 atom stereocenters. The molecule has 0 bridgehead atoms. The smallest absolute Gasteiger partial charge is 0.461 e. The summed E-state index contributed by atoms with van der Waals surface area (Å²) in [6.45, 7) is 9.36. The average Bonchev–Trinajstić information content (AvgIpc) is 2.82. The highest BCUT2D eigenvalue weighted by atomic mass is 32.1. The van der Waals surface area contributed by atoms with Crippen molar-refractivity contribution in [2.24, 2.45) is 0 Å². The van der Waals surface area contributed by atoms with Gasteiger partial charge in [-0.1, -0.05) is 0 Å². The number of nitrogens with zero attached hydrogens (tertiary/aromatic N) is 2. The van der Waals surface area contributed by atoms with Crippen molar-refractivity contribution < 1.29 is 19.3 Å². The molecule has 3 rings (SSSR count). The molecular formula is C17H21N2O3S+. The van der Waals surface area contributed by atoms with Crippen LogP contribution >= 0.6 is 11.3 Å². The SMILES string of the molecule is Cc1n[n+](C(=O)C2(C)CCc3c(C)c(O)cc(C)c3O2)c(C)s1. The summed E-state index contributed by atoms with van der Waals surface area (Å²) in [5.74, 6) is 0.850. The van der Waals surface area contributed by atoms with Crippen molar-refractivity contribution in [2.45, 2.75) is 53.1 Å². The number of benzene rings is 1. The van der Waals surface area contributed by atoms with Gasteiger partial charge in [0, 0.05) is 24.0 Å². The zero-order valence-corrected chi connectivity index (χ0v) is 14.9. The fraction of sp³-hybridized carbons (Fsp3) is 0.471. The number of rotatable bonds is 1. The van der Waals surface area contributed by atoms with E-state index in [1.165, 1.54) is 16.0 Å². The van der Waals surface area contributed by atoms with Crippen LogP contribution in [0.25, 0.3) is 0 Å². The van der Waals surface area contributed by atoms with Crippen LogP contribution in [0.3, 0.4) is 0 Å². The Morgan fingerprint density at radius 2 is 2.09 bits per heavy atom.